The summed E-state index contributed by atoms with van der Waals surface area (Å²) in [5.74, 6) is 3.00. The van der Waals surface area contributed by atoms with Crippen LogP contribution in [0.3, 0.4) is 0 Å². The smallest absolute Gasteiger partial charge is 0.410 e. The maximum absolute atomic E-state index is 17.6. The number of imidazole rings is 1. The van der Waals surface area contributed by atoms with E-state index in [0.717, 1.165) is 12.8 Å². The number of ether oxygens (including phenoxy) is 3. The molecule has 0 spiro atoms. The first-order valence-electron chi connectivity index (χ1n) is 17.2. The second kappa shape index (κ2) is 13.5. The lowest BCUT2D eigenvalue weighted by Gasteiger charge is -2.42. The molecule has 0 radical (unpaired) electrons. The maximum Gasteiger partial charge on any atom is 0.410 e. The zero-order chi connectivity index (χ0) is 37.1. The number of halogens is 2. The molecule has 5 heterocycles. The van der Waals surface area contributed by atoms with Gasteiger partial charge in [-0.2, -0.15) is 0 Å². The summed E-state index contributed by atoms with van der Waals surface area (Å²) in [6.07, 6.45) is 6.40. The molecule has 2 saturated heterocycles. The van der Waals surface area contributed by atoms with Crippen LogP contribution in [-0.4, -0.2) is 89.4 Å². The Morgan fingerprint density at radius 1 is 1.08 bits per heavy atom. The number of fused-ring (bicyclic) bond motifs is 6. The van der Waals surface area contributed by atoms with E-state index in [1.807, 2.05) is 31.9 Å². The summed E-state index contributed by atoms with van der Waals surface area (Å²) in [5.41, 5.74) is 4.08. The van der Waals surface area contributed by atoms with E-state index in [4.69, 9.17) is 24.2 Å². The molecule has 2 atom stereocenters. The summed E-state index contributed by atoms with van der Waals surface area (Å²) in [6.45, 7) is 12.8. The van der Waals surface area contributed by atoms with Crippen molar-refractivity contribution in [3.8, 4) is 28.5 Å². The van der Waals surface area contributed by atoms with Gasteiger partial charge in [0.1, 0.15) is 36.6 Å². The molecule has 1 amide bonds. The van der Waals surface area contributed by atoms with Gasteiger partial charge in [0.15, 0.2) is 17.8 Å². The van der Waals surface area contributed by atoms with Crippen LogP contribution in [0.2, 0.25) is 19.6 Å². The molecule has 10 nitrogen and oxygen atoms in total. The third kappa shape index (κ3) is 6.65. The highest BCUT2D eigenvalue weighted by molar-refractivity contribution is 7.98. The summed E-state index contributed by atoms with van der Waals surface area (Å²) < 4.78 is 51.9. The monoisotopic (exact) mass is 744 g/mol. The summed E-state index contributed by atoms with van der Waals surface area (Å²) in [6, 6.07) is 6.31. The van der Waals surface area contributed by atoms with Crippen LogP contribution in [0.1, 0.15) is 39.2 Å². The zero-order valence-electron chi connectivity index (χ0n) is 30.6. The van der Waals surface area contributed by atoms with Crippen molar-refractivity contribution in [3.05, 3.63) is 54.0 Å². The lowest BCUT2D eigenvalue weighted by Crippen LogP contribution is -2.57. The Labute approximate surface area is 306 Å². The number of rotatable bonds is 6. The molecule has 0 N–H and O–H groups in total. The molecule has 2 aliphatic rings. The number of hydrogen-bond acceptors (Lipinski definition) is 9. The highest BCUT2D eigenvalue weighted by Gasteiger charge is 2.45. The summed E-state index contributed by atoms with van der Waals surface area (Å²) >= 11 is 1.32. The van der Waals surface area contributed by atoms with Crippen molar-refractivity contribution in [3.63, 3.8) is 0 Å². The van der Waals surface area contributed by atoms with Gasteiger partial charge in [0.25, 0.3) is 0 Å². The molecular formula is C38H42F2N6O4SSi. The normalized spacial score (nSPS) is 17.6. The largest absolute Gasteiger partial charge is 0.468 e. The van der Waals surface area contributed by atoms with Crippen molar-refractivity contribution in [1.82, 2.24) is 24.3 Å². The highest BCUT2D eigenvalue weighted by Crippen LogP contribution is 2.43. The van der Waals surface area contributed by atoms with Crippen molar-refractivity contribution < 1.29 is 27.8 Å². The number of carbonyl (C=O) groups excluding carboxylic acids is 1. The Balaban J connectivity index is 1.45. The molecule has 2 unspecified atom stereocenters. The van der Waals surface area contributed by atoms with Crippen LogP contribution in [0.5, 0.6) is 5.75 Å². The molecule has 7 rings (SSSR count). The molecule has 2 bridgehead atoms. The summed E-state index contributed by atoms with van der Waals surface area (Å²) in [4.78, 5) is 31.4. The van der Waals surface area contributed by atoms with Crippen molar-refractivity contribution in [1.29, 1.82) is 0 Å². The summed E-state index contributed by atoms with van der Waals surface area (Å²) in [5, 5.41) is 1.98. The number of thioether (sulfide) groups is 1. The molecule has 0 saturated carbocycles. The lowest BCUT2D eigenvalue weighted by atomic mass is 9.95. The Morgan fingerprint density at radius 2 is 1.81 bits per heavy atom. The van der Waals surface area contributed by atoms with Gasteiger partial charge in [-0.15, -0.1) is 5.54 Å². The topological polar surface area (TPSA) is 94.3 Å². The first-order valence-corrected chi connectivity index (χ1v) is 22.0. The third-order valence-electron chi connectivity index (χ3n) is 9.19. The fourth-order valence-electron chi connectivity index (χ4n) is 7.14. The van der Waals surface area contributed by atoms with Gasteiger partial charge in [-0.3, -0.25) is 9.30 Å². The third-order valence-corrected chi connectivity index (χ3v) is 10.6. The van der Waals surface area contributed by atoms with Crippen molar-refractivity contribution in [2.75, 3.05) is 38.1 Å². The van der Waals surface area contributed by atoms with E-state index in [1.165, 1.54) is 24.9 Å². The molecule has 272 valence electrons. The number of hydrogen-bond donors (Lipinski definition) is 0. The molecule has 5 aromatic rings. The van der Waals surface area contributed by atoms with Crippen molar-refractivity contribution in [2.24, 2.45) is 0 Å². The maximum atomic E-state index is 17.6. The van der Waals surface area contributed by atoms with Crippen LogP contribution < -0.4 is 9.64 Å². The molecule has 14 heteroatoms. The Hall–Kier alpha value is -4.45. The number of benzene rings is 2. The number of piperazine rings is 1. The molecule has 52 heavy (non-hydrogen) atoms. The SMILES string of the molecule is COCOc1cc(-c2c(F)c3nc(SC)nc(N4CC5CCC(C4)N5C(=O)OC(C)(C)C)c3c3cncn23)c2c(C#C[Si](C)(C)C)c(F)ccc2c1. The van der Waals surface area contributed by atoms with Crippen LogP contribution in [0.4, 0.5) is 19.4 Å². The second-order valence-corrected chi connectivity index (χ2v) is 20.8. The van der Waals surface area contributed by atoms with Crippen LogP contribution in [-0.2, 0) is 9.47 Å². The molecule has 2 aliphatic heterocycles. The van der Waals surface area contributed by atoms with E-state index in [2.05, 4.69) is 41.0 Å². The number of aromatic nitrogens is 4. The van der Waals surface area contributed by atoms with E-state index in [-0.39, 0.29) is 41.7 Å². The Morgan fingerprint density at radius 3 is 2.46 bits per heavy atom. The minimum Gasteiger partial charge on any atom is -0.468 e. The average Bonchev–Trinajstić information content (AvgIpc) is 3.67. The van der Waals surface area contributed by atoms with Gasteiger partial charge >= 0.3 is 6.09 Å². The molecule has 2 fully saturated rings. The number of amides is 1. The van der Waals surface area contributed by atoms with Crippen LogP contribution >= 0.6 is 11.8 Å². The van der Waals surface area contributed by atoms with E-state index < -0.39 is 25.3 Å². The van der Waals surface area contributed by atoms with Gasteiger partial charge in [-0.25, -0.2) is 28.5 Å². The standard InChI is InChI=1S/C38H42F2N6O4SSi/c1-38(2,3)50-37(47)46-23-10-11-24(46)19-44(18-23)35-31-29-17-41-20-45(29)34(32(40)33(31)42-36(43-35)51-5)27-16-25(49-21-48-4)15-22-9-12-28(39)26(30(22)27)13-14-52(6,7)8/h9,12,15-17,20,23-24H,10-11,18-19,21H2,1-8H3. The van der Waals surface area contributed by atoms with Crippen LogP contribution in [0, 0.1) is 23.1 Å². The molecule has 3 aromatic heterocycles. The zero-order valence-corrected chi connectivity index (χ0v) is 32.5. The van der Waals surface area contributed by atoms with Gasteiger partial charge < -0.3 is 19.1 Å². The average molecular weight is 745 g/mol. The van der Waals surface area contributed by atoms with Gasteiger partial charge in [-0.1, -0.05) is 43.4 Å². The van der Waals surface area contributed by atoms with Crippen LogP contribution in [0.15, 0.2) is 41.9 Å². The van der Waals surface area contributed by atoms with Gasteiger partial charge in [0.2, 0.25) is 0 Å². The Kier molecular flexibility index (Phi) is 9.33. The van der Waals surface area contributed by atoms with Crippen molar-refractivity contribution in [2.45, 2.75) is 76.1 Å². The predicted molar refractivity (Wildman–Crippen MR) is 203 cm³/mol. The lowest BCUT2D eigenvalue weighted by molar-refractivity contribution is 0.0122. The van der Waals surface area contributed by atoms with E-state index >= 15 is 8.78 Å². The minimum absolute atomic E-state index is 0.0358. The number of methoxy groups -OCH3 is 1. The quantitative estimate of drug-likeness (QED) is 0.0566. The van der Waals surface area contributed by atoms with Gasteiger partial charge in [0.05, 0.1) is 46.8 Å². The molecule has 2 aromatic carbocycles. The van der Waals surface area contributed by atoms with Crippen molar-refractivity contribution >= 4 is 58.9 Å². The number of nitrogens with zero attached hydrogens (tertiary/aromatic N) is 6. The number of carbonyl (C=O) groups is 1. The van der Waals surface area contributed by atoms with E-state index in [9.17, 15) is 4.79 Å². The molecule has 0 aliphatic carbocycles. The summed E-state index contributed by atoms with van der Waals surface area (Å²) in [7, 11) is -0.410. The minimum atomic E-state index is -1.93. The van der Waals surface area contributed by atoms with Gasteiger partial charge in [0, 0.05) is 31.1 Å². The Bertz CT molecular complexity index is 2280. The van der Waals surface area contributed by atoms with Gasteiger partial charge in [-0.05, 0) is 63.5 Å². The van der Waals surface area contributed by atoms with E-state index in [1.54, 1.807) is 35.1 Å². The predicted octanol–water partition coefficient (Wildman–Crippen LogP) is 7.90. The molecular weight excluding hydrogens is 703 g/mol. The highest BCUT2D eigenvalue weighted by atomic mass is 32.2. The first-order chi connectivity index (χ1) is 24.7. The number of anilines is 1. The first kappa shape index (κ1) is 35.9. The second-order valence-electron chi connectivity index (χ2n) is 15.3. The van der Waals surface area contributed by atoms with E-state index in [0.29, 0.717) is 57.1 Å². The fourth-order valence-corrected chi connectivity index (χ4v) is 8.00. The number of pyridine rings is 1. The van der Waals surface area contributed by atoms with Crippen LogP contribution in [0.25, 0.3) is 38.4 Å². The fraction of sp³-hybridized carbons (Fsp3) is 0.421.